The fraction of sp³-hybridized carbons (Fsp3) is 0.684. The van der Waals surface area contributed by atoms with E-state index >= 15 is 0 Å². The largest absolute Gasteiger partial charge is 0.549 e. The first kappa shape index (κ1) is 22.0. The molecule has 0 saturated heterocycles. The maximum absolute atomic E-state index is 12.5. The van der Waals surface area contributed by atoms with Gasteiger partial charge in [-0.25, -0.2) is 0 Å². The van der Waals surface area contributed by atoms with Gasteiger partial charge in [0.15, 0.2) is 5.78 Å². The van der Waals surface area contributed by atoms with Crippen LogP contribution in [-0.4, -0.2) is 33.7 Å². The molecule has 4 nitrogen and oxygen atoms in total. The Morgan fingerprint density at radius 2 is 2.00 bits per heavy atom. The Labute approximate surface area is 158 Å². The molecule has 0 aliphatic heterocycles. The van der Waals surface area contributed by atoms with Crippen molar-refractivity contribution in [2.75, 3.05) is 12.9 Å². The quantitative estimate of drug-likeness (QED) is 0.254. The first-order valence-electron chi connectivity index (χ1n) is 8.95. The second-order valence-electron chi connectivity index (χ2n) is 7.65. The zero-order valence-corrected chi connectivity index (χ0v) is 18.4. The van der Waals surface area contributed by atoms with E-state index in [-0.39, 0.29) is 23.1 Å². The average molecular weight is 385 g/mol. The van der Waals surface area contributed by atoms with Crippen molar-refractivity contribution in [2.24, 2.45) is 11.3 Å². The summed E-state index contributed by atoms with van der Waals surface area (Å²) in [5.41, 5.74) is 0.0349. The third kappa shape index (κ3) is 7.40. The van der Waals surface area contributed by atoms with Gasteiger partial charge in [0.05, 0.1) is 18.4 Å². The van der Waals surface area contributed by atoms with Crippen molar-refractivity contribution in [3.63, 3.8) is 0 Å². The van der Waals surface area contributed by atoms with Crippen LogP contribution in [0.5, 0.6) is 0 Å². The Bertz CT molecular complexity index is 532. The number of carbonyl (C=O) groups is 2. The lowest BCUT2D eigenvalue weighted by molar-refractivity contribution is -0.139. The molecule has 0 bridgehead atoms. The Morgan fingerprint density at radius 3 is 2.56 bits per heavy atom. The SMILES string of the molecule is COC(=O)CC=CCCCSC1=C(O[SiH](C)C)C(C(C)(C)C)CC1=O. The van der Waals surface area contributed by atoms with Gasteiger partial charge in [-0.1, -0.05) is 32.9 Å². The molecule has 1 unspecified atom stereocenters. The number of ether oxygens (including phenoxy) is 1. The van der Waals surface area contributed by atoms with Gasteiger partial charge in [-0.15, -0.1) is 11.8 Å². The molecule has 1 rings (SSSR count). The summed E-state index contributed by atoms with van der Waals surface area (Å²) < 4.78 is 10.8. The molecule has 0 aromatic carbocycles. The van der Waals surface area contributed by atoms with Crippen LogP contribution in [0.15, 0.2) is 22.8 Å². The maximum atomic E-state index is 12.5. The minimum atomic E-state index is -1.25. The van der Waals surface area contributed by atoms with Crippen molar-refractivity contribution in [1.29, 1.82) is 0 Å². The fourth-order valence-electron chi connectivity index (χ4n) is 2.66. The molecule has 0 fully saturated rings. The molecule has 1 aliphatic rings. The molecule has 0 N–H and O–H groups in total. The number of carbonyl (C=O) groups excluding carboxylic acids is 2. The standard InChI is InChI=1S/C19H32O4SSi/c1-19(2,3)14-13-15(20)18(17(14)23-25(5)6)24-12-10-8-7-9-11-16(21)22-4/h7,9,14,25H,8,10-13H2,1-6H3. The van der Waals surface area contributed by atoms with Crippen LogP contribution in [0.1, 0.15) is 46.5 Å². The summed E-state index contributed by atoms with van der Waals surface area (Å²) in [6.07, 6.45) is 6.58. The number of thioether (sulfide) groups is 1. The summed E-state index contributed by atoms with van der Waals surface area (Å²) >= 11 is 1.63. The van der Waals surface area contributed by atoms with Gasteiger partial charge in [-0.3, -0.25) is 9.59 Å². The molecule has 0 saturated carbocycles. The Balaban J connectivity index is 2.60. The summed E-state index contributed by atoms with van der Waals surface area (Å²) in [7, 11) is 0.145. The van der Waals surface area contributed by atoms with Crippen LogP contribution in [0.4, 0.5) is 0 Å². The second kappa shape index (κ2) is 10.2. The van der Waals surface area contributed by atoms with Gasteiger partial charge in [0.1, 0.15) is 5.76 Å². The van der Waals surface area contributed by atoms with Gasteiger partial charge in [-0.2, -0.15) is 0 Å². The lowest BCUT2D eigenvalue weighted by atomic mass is 9.79. The predicted octanol–water partition coefficient (Wildman–Crippen LogP) is 4.47. The van der Waals surface area contributed by atoms with Crippen LogP contribution >= 0.6 is 11.8 Å². The Morgan fingerprint density at radius 1 is 1.32 bits per heavy atom. The maximum Gasteiger partial charge on any atom is 0.309 e. The van der Waals surface area contributed by atoms with Gasteiger partial charge in [0.25, 0.3) is 0 Å². The molecule has 6 heteroatoms. The highest BCUT2D eigenvalue weighted by atomic mass is 32.2. The van der Waals surface area contributed by atoms with E-state index in [1.165, 1.54) is 7.11 Å². The van der Waals surface area contributed by atoms with Gasteiger partial charge < -0.3 is 9.16 Å². The number of hydrogen-bond acceptors (Lipinski definition) is 5. The molecule has 0 spiro atoms. The Kier molecular flexibility index (Phi) is 9.00. The minimum Gasteiger partial charge on any atom is -0.549 e. The van der Waals surface area contributed by atoms with Crippen LogP contribution in [0.3, 0.4) is 0 Å². The van der Waals surface area contributed by atoms with Gasteiger partial charge in [0, 0.05) is 12.3 Å². The molecule has 25 heavy (non-hydrogen) atoms. The van der Waals surface area contributed by atoms with Crippen LogP contribution in [0.2, 0.25) is 13.1 Å². The Hall–Kier alpha value is -1.01. The highest BCUT2D eigenvalue weighted by Gasteiger charge is 2.40. The van der Waals surface area contributed by atoms with Gasteiger partial charge in [-0.05, 0) is 37.1 Å². The van der Waals surface area contributed by atoms with Crippen molar-refractivity contribution < 1.29 is 18.8 Å². The number of allylic oxidation sites excluding steroid dienone is 3. The van der Waals surface area contributed by atoms with Crippen LogP contribution in [-0.2, 0) is 18.8 Å². The second-order valence-corrected chi connectivity index (χ2v) is 11.1. The van der Waals surface area contributed by atoms with Crippen LogP contribution in [0, 0.1) is 11.3 Å². The first-order valence-corrected chi connectivity index (χ1v) is 12.7. The van der Waals surface area contributed by atoms with E-state index in [0.29, 0.717) is 12.8 Å². The number of ketones is 1. The third-order valence-corrected chi connectivity index (χ3v) is 5.97. The third-order valence-electron chi connectivity index (χ3n) is 4.03. The molecule has 0 aromatic rings. The molecule has 0 aromatic heterocycles. The number of hydrogen-bond donors (Lipinski definition) is 0. The number of unbranched alkanes of at least 4 members (excludes halogenated alkanes) is 1. The fourth-order valence-corrected chi connectivity index (χ4v) is 4.63. The van der Waals surface area contributed by atoms with Crippen molar-refractivity contribution in [3.05, 3.63) is 22.8 Å². The summed E-state index contributed by atoms with van der Waals surface area (Å²) in [6, 6.07) is 0. The topological polar surface area (TPSA) is 52.6 Å². The molecular weight excluding hydrogens is 352 g/mol. The molecule has 142 valence electrons. The van der Waals surface area contributed by atoms with E-state index in [4.69, 9.17) is 4.43 Å². The summed E-state index contributed by atoms with van der Waals surface area (Å²) in [6.45, 7) is 10.8. The lowest BCUT2D eigenvalue weighted by Crippen LogP contribution is -2.24. The van der Waals surface area contributed by atoms with Gasteiger partial charge >= 0.3 is 5.97 Å². The highest BCUT2D eigenvalue weighted by Crippen LogP contribution is 2.45. The first-order chi connectivity index (χ1) is 11.7. The van der Waals surface area contributed by atoms with E-state index in [9.17, 15) is 9.59 Å². The van der Waals surface area contributed by atoms with Crippen molar-refractivity contribution in [3.8, 4) is 0 Å². The number of Topliss-reactive ketones (excluding diaryl/α,β-unsaturated/α-hetero) is 1. The molecule has 0 amide bonds. The van der Waals surface area contributed by atoms with E-state index in [1.54, 1.807) is 11.8 Å². The summed E-state index contributed by atoms with van der Waals surface area (Å²) in [5.74, 6) is 2.03. The van der Waals surface area contributed by atoms with E-state index in [1.807, 2.05) is 12.2 Å². The van der Waals surface area contributed by atoms with Gasteiger partial charge in [0.2, 0.25) is 9.04 Å². The summed E-state index contributed by atoms with van der Waals surface area (Å²) in [4.78, 5) is 24.4. The van der Waals surface area contributed by atoms with Crippen molar-refractivity contribution >= 4 is 32.6 Å². The average Bonchev–Trinajstić information content (AvgIpc) is 2.82. The molecular formula is C19H32O4SSi. The predicted molar refractivity (Wildman–Crippen MR) is 107 cm³/mol. The van der Waals surface area contributed by atoms with Crippen molar-refractivity contribution in [1.82, 2.24) is 0 Å². The zero-order chi connectivity index (χ0) is 19.0. The highest BCUT2D eigenvalue weighted by molar-refractivity contribution is 8.04. The molecule has 1 aliphatic carbocycles. The smallest absolute Gasteiger partial charge is 0.309 e. The molecule has 1 atom stereocenters. The molecule has 0 heterocycles. The minimum absolute atomic E-state index is 0.0349. The number of methoxy groups -OCH3 is 1. The van der Waals surface area contributed by atoms with E-state index in [0.717, 1.165) is 29.3 Å². The van der Waals surface area contributed by atoms with Crippen LogP contribution in [0.25, 0.3) is 0 Å². The molecule has 0 radical (unpaired) electrons. The monoisotopic (exact) mass is 384 g/mol. The summed E-state index contributed by atoms with van der Waals surface area (Å²) in [5, 5.41) is 0. The zero-order valence-electron chi connectivity index (χ0n) is 16.4. The lowest BCUT2D eigenvalue weighted by Gasteiger charge is -2.30. The van der Waals surface area contributed by atoms with Crippen LogP contribution < -0.4 is 0 Å². The van der Waals surface area contributed by atoms with Crippen molar-refractivity contribution in [2.45, 2.75) is 59.5 Å². The van der Waals surface area contributed by atoms with E-state index < -0.39 is 9.04 Å². The van der Waals surface area contributed by atoms with E-state index in [2.05, 4.69) is 38.6 Å². The number of esters is 1. The normalized spacial score (nSPS) is 18.5. The number of rotatable bonds is 9.